The van der Waals surface area contributed by atoms with Crippen LogP contribution in [0.5, 0.6) is 0 Å². The van der Waals surface area contributed by atoms with E-state index >= 15 is 0 Å². The molecule has 0 saturated carbocycles. The van der Waals surface area contributed by atoms with Gasteiger partial charge in [0.25, 0.3) is 5.56 Å². The van der Waals surface area contributed by atoms with Crippen molar-refractivity contribution in [2.75, 3.05) is 0 Å². The lowest BCUT2D eigenvalue weighted by Gasteiger charge is -2.00. The van der Waals surface area contributed by atoms with E-state index in [4.69, 9.17) is 23.2 Å². The first-order valence-corrected chi connectivity index (χ1v) is 4.56. The Morgan fingerprint density at radius 2 is 2.07 bits per heavy atom. The van der Waals surface area contributed by atoms with E-state index in [2.05, 4.69) is 15.0 Å². The number of hydrogen-bond acceptors (Lipinski definition) is 3. The number of fused-ring (bicyclic) bond motifs is 1. The van der Waals surface area contributed by atoms with E-state index < -0.39 is 0 Å². The highest BCUT2D eigenvalue weighted by Gasteiger charge is 2.08. The van der Waals surface area contributed by atoms with Crippen LogP contribution in [0.25, 0.3) is 10.9 Å². The minimum Gasteiger partial charge on any atom is -0.310 e. The van der Waals surface area contributed by atoms with Gasteiger partial charge in [-0.3, -0.25) is 4.79 Å². The summed E-state index contributed by atoms with van der Waals surface area (Å²) in [6.07, 6.45) is 0. The van der Waals surface area contributed by atoms with Crippen molar-refractivity contribution in [2.45, 2.75) is 6.92 Å². The summed E-state index contributed by atoms with van der Waals surface area (Å²) in [6.45, 7) is 1.68. The van der Waals surface area contributed by atoms with Crippen molar-refractivity contribution in [3.63, 3.8) is 0 Å². The Bertz CT molecular complexity index is 559. The normalized spacial score (nSPS) is 10.8. The SMILES string of the molecule is Cc1nc2cc(Cl)nc(Cl)c2c(=O)[nH]1. The monoisotopic (exact) mass is 229 g/mol. The van der Waals surface area contributed by atoms with Gasteiger partial charge in [-0.2, -0.15) is 0 Å². The molecule has 0 aliphatic carbocycles. The van der Waals surface area contributed by atoms with Crippen molar-refractivity contribution < 1.29 is 0 Å². The molecule has 0 bridgehead atoms. The van der Waals surface area contributed by atoms with E-state index in [9.17, 15) is 4.79 Å². The maximum atomic E-state index is 11.5. The van der Waals surface area contributed by atoms with E-state index in [0.29, 0.717) is 11.3 Å². The highest BCUT2D eigenvalue weighted by molar-refractivity contribution is 6.36. The number of halogens is 2. The fourth-order valence-corrected chi connectivity index (χ4v) is 1.71. The zero-order chi connectivity index (χ0) is 10.3. The predicted molar refractivity (Wildman–Crippen MR) is 54.9 cm³/mol. The molecule has 2 aromatic rings. The van der Waals surface area contributed by atoms with Crippen LogP contribution in [0.1, 0.15) is 5.82 Å². The van der Waals surface area contributed by atoms with Crippen molar-refractivity contribution in [1.82, 2.24) is 15.0 Å². The van der Waals surface area contributed by atoms with Crippen molar-refractivity contribution in [1.29, 1.82) is 0 Å². The minimum absolute atomic E-state index is 0.0706. The summed E-state index contributed by atoms with van der Waals surface area (Å²) in [6, 6.07) is 1.50. The summed E-state index contributed by atoms with van der Waals surface area (Å²) < 4.78 is 0. The second kappa shape index (κ2) is 3.22. The van der Waals surface area contributed by atoms with E-state index in [1.54, 1.807) is 6.92 Å². The van der Waals surface area contributed by atoms with Gasteiger partial charge >= 0.3 is 0 Å². The molecule has 0 aliphatic heterocycles. The van der Waals surface area contributed by atoms with Crippen LogP contribution in [-0.4, -0.2) is 15.0 Å². The molecule has 2 heterocycles. The Kier molecular flexibility index (Phi) is 2.17. The molecule has 72 valence electrons. The molecular weight excluding hydrogens is 225 g/mol. The molecule has 4 nitrogen and oxygen atoms in total. The standard InChI is InChI=1S/C8H5Cl2N3O/c1-3-11-4-2-5(9)13-7(10)6(4)8(14)12-3/h2H,1H3,(H,11,12,14). The van der Waals surface area contributed by atoms with Gasteiger partial charge in [-0.25, -0.2) is 9.97 Å². The van der Waals surface area contributed by atoms with Crippen LogP contribution in [0.3, 0.4) is 0 Å². The van der Waals surface area contributed by atoms with Gasteiger partial charge in [0.05, 0.1) is 5.52 Å². The smallest absolute Gasteiger partial charge is 0.261 e. The van der Waals surface area contributed by atoms with Crippen molar-refractivity contribution in [3.8, 4) is 0 Å². The molecule has 0 atom stereocenters. The first kappa shape index (κ1) is 9.43. The molecule has 0 spiro atoms. The first-order chi connectivity index (χ1) is 6.58. The Labute approximate surface area is 88.9 Å². The summed E-state index contributed by atoms with van der Waals surface area (Å²) in [5.41, 5.74) is 0.151. The zero-order valence-corrected chi connectivity index (χ0v) is 8.65. The van der Waals surface area contributed by atoms with Crippen molar-refractivity contribution >= 4 is 34.1 Å². The number of aryl methyl sites for hydroxylation is 1. The molecule has 0 aliphatic rings. The topological polar surface area (TPSA) is 58.6 Å². The summed E-state index contributed by atoms with van der Waals surface area (Å²) in [4.78, 5) is 21.9. The quantitative estimate of drug-likeness (QED) is 0.703. The van der Waals surface area contributed by atoms with Gasteiger partial charge in [-0.15, -0.1) is 0 Å². The lowest BCUT2D eigenvalue weighted by atomic mass is 10.3. The summed E-state index contributed by atoms with van der Waals surface area (Å²) in [5.74, 6) is 0.515. The van der Waals surface area contributed by atoms with Gasteiger partial charge in [0.2, 0.25) is 0 Å². The second-order valence-corrected chi connectivity index (χ2v) is 3.53. The summed E-state index contributed by atoms with van der Waals surface area (Å²) in [7, 11) is 0. The van der Waals surface area contributed by atoms with Gasteiger partial charge < -0.3 is 4.98 Å². The van der Waals surface area contributed by atoms with Crippen LogP contribution >= 0.6 is 23.2 Å². The number of rotatable bonds is 0. The molecule has 0 saturated heterocycles. The predicted octanol–water partition coefficient (Wildman–Crippen LogP) is 1.93. The number of H-pyrrole nitrogens is 1. The number of pyridine rings is 1. The minimum atomic E-state index is -0.304. The number of aromatic nitrogens is 3. The van der Waals surface area contributed by atoms with Gasteiger partial charge in [0, 0.05) is 6.07 Å². The van der Waals surface area contributed by atoms with Gasteiger partial charge in [-0.1, -0.05) is 23.2 Å². The Morgan fingerprint density at radius 1 is 1.36 bits per heavy atom. The third kappa shape index (κ3) is 1.47. The van der Waals surface area contributed by atoms with Crippen LogP contribution in [0.4, 0.5) is 0 Å². The first-order valence-electron chi connectivity index (χ1n) is 3.80. The lowest BCUT2D eigenvalue weighted by molar-refractivity contribution is 1.05. The second-order valence-electron chi connectivity index (χ2n) is 2.78. The van der Waals surface area contributed by atoms with Gasteiger partial charge in [0.1, 0.15) is 21.5 Å². The number of hydrogen-bond donors (Lipinski definition) is 1. The average molecular weight is 230 g/mol. The average Bonchev–Trinajstić information content (AvgIpc) is 1.99. The maximum absolute atomic E-state index is 11.5. The fraction of sp³-hybridized carbons (Fsp3) is 0.125. The van der Waals surface area contributed by atoms with Crippen LogP contribution in [0.15, 0.2) is 10.9 Å². The highest BCUT2D eigenvalue weighted by atomic mass is 35.5. The van der Waals surface area contributed by atoms with Crippen LogP contribution in [-0.2, 0) is 0 Å². The molecule has 1 N–H and O–H groups in total. The summed E-state index contributed by atoms with van der Waals surface area (Å²) >= 11 is 11.4. The molecule has 0 fully saturated rings. The highest BCUT2D eigenvalue weighted by Crippen LogP contribution is 2.19. The Hall–Kier alpha value is -1.13. The zero-order valence-electron chi connectivity index (χ0n) is 7.14. The van der Waals surface area contributed by atoms with Crippen molar-refractivity contribution in [2.24, 2.45) is 0 Å². The van der Waals surface area contributed by atoms with Gasteiger partial charge in [-0.05, 0) is 6.92 Å². The van der Waals surface area contributed by atoms with E-state index in [-0.39, 0.29) is 21.3 Å². The van der Waals surface area contributed by atoms with Crippen LogP contribution in [0.2, 0.25) is 10.3 Å². The Balaban J connectivity index is 3.02. The maximum Gasteiger partial charge on any atom is 0.261 e. The molecular formula is C8H5Cl2N3O. The van der Waals surface area contributed by atoms with E-state index in [0.717, 1.165) is 0 Å². The summed E-state index contributed by atoms with van der Waals surface area (Å²) in [5, 5.41) is 0.558. The molecule has 2 rings (SSSR count). The third-order valence-corrected chi connectivity index (χ3v) is 2.20. The molecule has 6 heteroatoms. The molecule has 2 aromatic heterocycles. The molecule has 14 heavy (non-hydrogen) atoms. The van der Waals surface area contributed by atoms with Gasteiger partial charge in [0.15, 0.2) is 0 Å². The van der Waals surface area contributed by atoms with E-state index in [1.165, 1.54) is 6.07 Å². The number of nitrogens with zero attached hydrogens (tertiary/aromatic N) is 2. The third-order valence-electron chi connectivity index (χ3n) is 1.73. The molecule has 0 radical (unpaired) electrons. The van der Waals surface area contributed by atoms with Crippen molar-refractivity contribution in [3.05, 3.63) is 32.6 Å². The fourth-order valence-electron chi connectivity index (χ4n) is 1.21. The molecule has 0 unspecified atom stereocenters. The Morgan fingerprint density at radius 3 is 2.79 bits per heavy atom. The lowest BCUT2D eigenvalue weighted by Crippen LogP contribution is -2.10. The van der Waals surface area contributed by atoms with Crippen LogP contribution < -0.4 is 5.56 Å². The number of nitrogens with one attached hydrogen (secondary N) is 1. The molecule has 0 aromatic carbocycles. The molecule has 0 amide bonds. The van der Waals surface area contributed by atoms with Crippen LogP contribution in [0, 0.1) is 6.92 Å². The number of aromatic amines is 1. The van der Waals surface area contributed by atoms with E-state index in [1.807, 2.05) is 0 Å². The largest absolute Gasteiger partial charge is 0.310 e.